The number of carbonyl (C=O) groups is 2. The number of nitrogens with zero attached hydrogens (tertiary/aromatic N) is 4. The lowest BCUT2D eigenvalue weighted by Crippen LogP contribution is -2.60. The number of rotatable bonds is 9. The highest BCUT2D eigenvalue weighted by Crippen LogP contribution is 2.21. The molecule has 1 aliphatic rings. The number of amides is 1. The maximum Gasteiger partial charge on any atom is 0.323 e. The minimum Gasteiger partial charge on any atom is -0.759 e. The van der Waals surface area contributed by atoms with Crippen LogP contribution in [0.25, 0.3) is 0 Å². The molecule has 0 saturated carbocycles. The van der Waals surface area contributed by atoms with Gasteiger partial charge in [0.25, 0.3) is 5.91 Å². The van der Waals surface area contributed by atoms with E-state index in [0.29, 0.717) is 44.0 Å². The third-order valence-electron chi connectivity index (χ3n) is 6.68. The van der Waals surface area contributed by atoms with E-state index in [1.54, 1.807) is 37.2 Å². The van der Waals surface area contributed by atoms with Gasteiger partial charge in [0.15, 0.2) is 0 Å². The quantitative estimate of drug-likeness (QED) is 0.295. The molecular weight excluding hydrogens is 542 g/mol. The SMILES string of the molecule is CC(C)C(C(=O)O)N(N1CCN(c2ccc(C#Cc3ccnc(C(=O)NCc4ccccc4)c3)cc2)CC1)S(=O)[O-]. The van der Waals surface area contributed by atoms with Crippen LogP contribution < -0.4 is 10.2 Å². The number of pyridine rings is 1. The summed E-state index contributed by atoms with van der Waals surface area (Å²) < 4.78 is 24.8. The fourth-order valence-corrected chi connectivity index (χ4v) is 5.42. The van der Waals surface area contributed by atoms with E-state index in [0.717, 1.165) is 21.2 Å². The number of hydrazine groups is 1. The van der Waals surface area contributed by atoms with Crippen LogP contribution in [0.5, 0.6) is 0 Å². The molecule has 1 fully saturated rings. The van der Waals surface area contributed by atoms with E-state index in [-0.39, 0.29) is 11.8 Å². The van der Waals surface area contributed by atoms with Crippen LogP contribution in [0.2, 0.25) is 0 Å². The van der Waals surface area contributed by atoms with Crippen LogP contribution in [0.4, 0.5) is 5.69 Å². The summed E-state index contributed by atoms with van der Waals surface area (Å²) >= 11 is -2.69. The number of nitrogens with one attached hydrogen (secondary N) is 1. The number of hydrogen-bond acceptors (Lipinski definition) is 7. The Morgan fingerprint density at radius 1 is 1.02 bits per heavy atom. The van der Waals surface area contributed by atoms with Gasteiger partial charge in [-0.2, -0.15) is 4.41 Å². The average molecular weight is 575 g/mol. The molecule has 2 aromatic carbocycles. The minimum atomic E-state index is -2.69. The largest absolute Gasteiger partial charge is 0.759 e. The van der Waals surface area contributed by atoms with Crippen LogP contribution in [0.1, 0.15) is 41.0 Å². The summed E-state index contributed by atoms with van der Waals surface area (Å²) in [6.45, 7) is 5.61. The van der Waals surface area contributed by atoms with Crippen LogP contribution in [-0.4, -0.2) is 72.4 Å². The summed E-state index contributed by atoms with van der Waals surface area (Å²) in [6.07, 6.45) is 1.56. The zero-order valence-electron chi connectivity index (χ0n) is 22.9. The van der Waals surface area contributed by atoms with Gasteiger partial charge in [-0.3, -0.25) is 18.8 Å². The fraction of sp³-hybridized carbons (Fsp3) is 0.300. The van der Waals surface area contributed by atoms with Crippen molar-refractivity contribution in [2.24, 2.45) is 5.92 Å². The van der Waals surface area contributed by atoms with Crippen molar-refractivity contribution < 1.29 is 23.5 Å². The summed E-state index contributed by atoms with van der Waals surface area (Å²) in [5, 5.41) is 14.0. The molecule has 3 aromatic rings. The second kappa shape index (κ2) is 14.0. The summed E-state index contributed by atoms with van der Waals surface area (Å²) in [6, 6.07) is 19.6. The lowest BCUT2D eigenvalue weighted by atomic mass is 10.1. The normalized spacial score (nSPS) is 15.2. The van der Waals surface area contributed by atoms with Crippen molar-refractivity contribution in [1.82, 2.24) is 19.7 Å². The highest BCUT2D eigenvalue weighted by atomic mass is 32.2. The molecule has 11 heteroatoms. The molecule has 4 rings (SSSR count). The third-order valence-corrected chi connectivity index (χ3v) is 7.45. The molecule has 0 bridgehead atoms. The van der Waals surface area contributed by atoms with Crippen molar-refractivity contribution in [3.05, 3.63) is 95.3 Å². The molecule has 1 aromatic heterocycles. The van der Waals surface area contributed by atoms with Gasteiger partial charge in [-0.25, -0.2) is 5.01 Å². The van der Waals surface area contributed by atoms with Gasteiger partial charge < -0.3 is 19.9 Å². The standard InChI is InChI=1S/C30H33N5O5S/c1-22(2)28(30(37)38)35(41(39)40)34-18-16-33(17-19-34)26-12-10-23(11-13-26)8-9-24-14-15-31-27(20-24)29(36)32-21-25-6-4-3-5-7-25/h3-7,10-15,20,22,28H,16-19,21H2,1-2H3,(H,32,36)(H,37,38)(H,39,40)/p-1. The fourth-order valence-electron chi connectivity index (χ4n) is 4.55. The van der Waals surface area contributed by atoms with Crippen LogP contribution in [0.15, 0.2) is 72.9 Å². The third kappa shape index (κ3) is 7.99. The molecule has 0 radical (unpaired) electrons. The Kier molecular flexibility index (Phi) is 10.2. The molecular formula is C30H32N5O5S-. The van der Waals surface area contributed by atoms with E-state index in [2.05, 4.69) is 27.0 Å². The van der Waals surface area contributed by atoms with Crippen LogP contribution in [-0.2, 0) is 22.6 Å². The molecule has 2 heterocycles. The van der Waals surface area contributed by atoms with Gasteiger partial charge in [0.2, 0.25) is 0 Å². The first-order chi connectivity index (χ1) is 19.7. The number of aliphatic carboxylic acids is 1. The molecule has 2 N–H and O–H groups in total. The van der Waals surface area contributed by atoms with E-state index in [1.165, 1.54) is 0 Å². The zero-order valence-corrected chi connectivity index (χ0v) is 23.7. The molecule has 1 amide bonds. The monoisotopic (exact) mass is 574 g/mol. The highest BCUT2D eigenvalue weighted by molar-refractivity contribution is 7.76. The Labute approximate surface area is 242 Å². The number of carboxylic acids is 1. The predicted molar refractivity (Wildman–Crippen MR) is 155 cm³/mol. The van der Waals surface area contributed by atoms with Crippen molar-refractivity contribution in [1.29, 1.82) is 0 Å². The van der Waals surface area contributed by atoms with Crippen LogP contribution in [0, 0.1) is 17.8 Å². The van der Waals surface area contributed by atoms with Gasteiger partial charge in [0, 0.05) is 67.0 Å². The second-order valence-corrected chi connectivity index (χ2v) is 10.7. The van der Waals surface area contributed by atoms with Crippen molar-refractivity contribution in [2.45, 2.75) is 26.4 Å². The van der Waals surface area contributed by atoms with Gasteiger partial charge in [-0.1, -0.05) is 56.0 Å². The van der Waals surface area contributed by atoms with Gasteiger partial charge in [0.1, 0.15) is 11.7 Å². The topological polar surface area (TPSA) is 129 Å². The first-order valence-electron chi connectivity index (χ1n) is 13.2. The number of hydrogen-bond donors (Lipinski definition) is 2. The number of benzene rings is 2. The van der Waals surface area contributed by atoms with Gasteiger partial charge >= 0.3 is 5.97 Å². The summed E-state index contributed by atoms with van der Waals surface area (Å²) in [5.41, 5.74) is 3.73. The van der Waals surface area contributed by atoms with Crippen molar-refractivity contribution in [2.75, 3.05) is 31.1 Å². The summed E-state index contributed by atoms with van der Waals surface area (Å²) in [7, 11) is 0. The van der Waals surface area contributed by atoms with E-state index in [4.69, 9.17) is 0 Å². The van der Waals surface area contributed by atoms with E-state index < -0.39 is 23.3 Å². The second-order valence-electron chi connectivity index (χ2n) is 9.88. The molecule has 214 valence electrons. The van der Waals surface area contributed by atoms with E-state index >= 15 is 0 Å². The molecule has 1 aliphatic heterocycles. The Balaban J connectivity index is 1.35. The van der Waals surface area contributed by atoms with E-state index in [1.807, 2.05) is 54.6 Å². The van der Waals surface area contributed by atoms with Crippen LogP contribution in [0.3, 0.4) is 0 Å². The molecule has 1 saturated heterocycles. The van der Waals surface area contributed by atoms with Crippen molar-refractivity contribution >= 4 is 28.8 Å². The van der Waals surface area contributed by atoms with Gasteiger partial charge in [0.05, 0.1) is 0 Å². The number of carbonyl (C=O) groups excluding carboxylic acids is 1. The maximum atomic E-state index is 12.5. The smallest absolute Gasteiger partial charge is 0.323 e. The summed E-state index contributed by atoms with van der Waals surface area (Å²) in [5.74, 6) is 4.38. The lowest BCUT2D eigenvalue weighted by molar-refractivity contribution is -0.149. The van der Waals surface area contributed by atoms with Gasteiger partial charge in [-0.15, -0.1) is 0 Å². The number of anilines is 1. The molecule has 0 aliphatic carbocycles. The first-order valence-corrected chi connectivity index (χ1v) is 14.3. The Bertz CT molecular complexity index is 1430. The first kappa shape index (κ1) is 29.9. The lowest BCUT2D eigenvalue weighted by Gasteiger charge is -2.45. The number of carboxylic acid groups (broad SMARTS) is 1. The average Bonchev–Trinajstić information content (AvgIpc) is 2.98. The minimum absolute atomic E-state index is 0.269. The molecule has 0 spiro atoms. The molecule has 41 heavy (non-hydrogen) atoms. The molecule has 2 atom stereocenters. The Hall–Kier alpha value is -4.08. The van der Waals surface area contributed by atoms with Crippen molar-refractivity contribution in [3.8, 4) is 11.8 Å². The Morgan fingerprint density at radius 3 is 2.29 bits per heavy atom. The van der Waals surface area contributed by atoms with E-state index in [9.17, 15) is 23.5 Å². The van der Waals surface area contributed by atoms with Gasteiger partial charge in [-0.05, 0) is 47.9 Å². The van der Waals surface area contributed by atoms with Crippen molar-refractivity contribution in [3.63, 3.8) is 0 Å². The number of aromatic nitrogens is 1. The Morgan fingerprint density at radius 2 is 1.68 bits per heavy atom. The maximum absolute atomic E-state index is 12.5. The predicted octanol–water partition coefficient (Wildman–Crippen LogP) is 2.65. The molecule has 2 unspecified atom stereocenters. The van der Waals surface area contributed by atoms with Crippen LogP contribution >= 0.6 is 0 Å². The molecule has 10 nitrogen and oxygen atoms in total. The summed E-state index contributed by atoms with van der Waals surface area (Å²) in [4.78, 5) is 30.5. The highest BCUT2D eigenvalue weighted by Gasteiger charge is 2.35. The number of piperazine rings is 1. The zero-order chi connectivity index (χ0) is 29.4.